The Kier molecular flexibility index (Phi) is 3.03. The molecule has 0 aromatic carbocycles. The van der Waals surface area contributed by atoms with Gasteiger partial charge in [0.05, 0.1) is 0 Å². The lowest BCUT2D eigenvalue weighted by molar-refractivity contribution is 0.495. The first kappa shape index (κ1) is 10.0. The van der Waals surface area contributed by atoms with Gasteiger partial charge in [0.15, 0.2) is 0 Å². The van der Waals surface area contributed by atoms with Crippen molar-refractivity contribution >= 4 is 6.08 Å². The summed E-state index contributed by atoms with van der Waals surface area (Å²) in [6.07, 6.45) is 4.87. The van der Waals surface area contributed by atoms with Gasteiger partial charge in [-0.2, -0.15) is 5.26 Å². The average Bonchev–Trinajstić information content (AvgIpc) is 2.18. The predicted molar refractivity (Wildman–Crippen MR) is 53.7 cm³/mol. The highest BCUT2D eigenvalue weighted by Gasteiger charge is 2.04. The number of nitriles is 1. The fourth-order valence-electron chi connectivity index (χ4n) is 0.981. The Bertz CT molecular complexity index is 475. The van der Waals surface area contributed by atoms with Gasteiger partial charge in [-0.25, -0.2) is 4.79 Å². The molecule has 70 valence electrons. The Balaban J connectivity index is 3.30. The maximum atomic E-state index is 11.1. The van der Waals surface area contributed by atoms with E-state index in [1.807, 2.05) is 0 Å². The lowest BCUT2D eigenvalue weighted by Gasteiger charge is -1.97. The molecule has 3 heteroatoms. The van der Waals surface area contributed by atoms with Crippen LogP contribution >= 0.6 is 0 Å². The number of aryl methyl sites for hydroxylation is 1. The van der Waals surface area contributed by atoms with Gasteiger partial charge in [0.1, 0.15) is 17.4 Å². The monoisotopic (exact) mass is 187 g/mol. The standard InChI is InChI=1S/C11H9NO2/c1-3-4-5-10-8(2)6-9(7-12)11(13)14-10/h3-6H,1H2,2H3/b5-4-. The smallest absolute Gasteiger partial charge is 0.354 e. The van der Waals surface area contributed by atoms with E-state index in [2.05, 4.69) is 6.58 Å². The maximum Gasteiger partial charge on any atom is 0.354 e. The average molecular weight is 187 g/mol. The van der Waals surface area contributed by atoms with E-state index in [4.69, 9.17) is 9.68 Å². The highest BCUT2D eigenvalue weighted by Crippen LogP contribution is 2.08. The minimum Gasteiger partial charge on any atom is -0.422 e. The van der Waals surface area contributed by atoms with Crippen molar-refractivity contribution in [2.24, 2.45) is 0 Å². The van der Waals surface area contributed by atoms with Crippen LogP contribution in [0.1, 0.15) is 16.9 Å². The van der Waals surface area contributed by atoms with Gasteiger partial charge in [0, 0.05) is 0 Å². The second-order valence-corrected chi connectivity index (χ2v) is 2.70. The third kappa shape index (κ3) is 1.99. The molecule has 0 aliphatic heterocycles. The normalized spacial score (nSPS) is 10.0. The summed E-state index contributed by atoms with van der Waals surface area (Å²) in [4.78, 5) is 11.1. The molecule has 0 aliphatic carbocycles. The van der Waals surface area contributed by atoms with Crippen molar-refractivity contribution in [3.8, 4) is 6.07 Å². The van der Waals surface area contributed by atoms with Gasteiger partial charge in [-0.3, -0.25) is 0 Å². The molecule has 1 rings (SSSR count). The summed E-state index contributed by atoms with van der Waals surface area (Å²) in [6.45, 7) is 5.27. The fraction of sp³-hybridized carbons (Fsp3) is 0.0909. The molecule has 0 spiro atoms. The van der Waals surface area contributed by atoms with Crippen molar-refractivity contribution in [3.63, 3.8) is 0 Å². The topological polar surface area (TPSA) is 54.0 Å². The highest BCUT2D eigenvalue weighted by molar-refractivity contribution is 5.49. The van der Waals surface area contributed by atoms with Crippen LogP contribution in [0.2, 0.25) is 0 Å². The maximum absolute atomic E-state index is 11.1. The van der Waals surface area contributed by atoms with Crippen LogP contribution in [-0.4, -0.2) is 0 Å². The third-order valence-corrected chi connectivity index (χ3v) is 1.68. The van der Waals surface area contributed by atoms with E-state index in [9.17, 15) is 4.79 Å². The molecule has 0 N–H and O–H groups in total. The van der Waals surface area contributed by atoms with Gasteiger partial charge in [-0.05, 0) is 24.6 Å². The molecule has 0 amide bonds. The Morgan fingerprint density at radius 1 is 1.64 bits per heavy atom. The fourth-order valence-corrected chi connectivity index (χ4v) is 0.981. The van der Waals surface area contributed by atoms with Crippen molar-refractivity contribution in [2.75, 3.05) is 0 Å². The van der Waals surface area contributed by atoms with Gasteiger partial charge in [0.25, 0.3) is 0 Å². The summed E-state index contributed by atoms with van der Waals surface area (Å²) in [5, 5.41) is 8.57. The molecule has 3 nitrogen and oxygen atoms in total. The summed E-state index contributed by atoms with van der Waals surface area (Å²) in [5.41, 5.74) is 0.166. The van der Waals surface area contributed by atoms with Crippen LogP contribution in [0, 0.1) is 18.3 Å². The molecular formula is C11H9NO2. The Hall–Kier alpha value is -2.08. The Labute approximate surface area is 81.6 Å². The minimum atomic E-state index is -0.609. The molecule has 1 heterocycles. The van der Waals surface area contributed by atoms with Crippen molar-refractivity contribution in [2.45, 2.75) is 6.92 Å². The van der Waals surface area contributed by atoms with Crippen LogP contribution < -0.4 is 5.63 Å². The van der Waals surface area contributed by atoms with Crippen LogP contribution in [0.3, 0.4) is 0 Å². The molecule has 1 aromatic heterocycles. The third-order valence-electron chi connectivity index (χ3n) is 1.68. The second kappa shape index (κ2) is 4.24. The number of hydrogen-bond donors (Lipinski definition) is 0. The summed E-state index contributed by atoms with van der Waals surface area (Å²) in [5.74, 6) is 0.453. The lowest BCUT2D eigenvalue weighted by atomic mass is 10.2. The van der Waals surface area contributed by atoms with E-state index in [0.717, 1.165) is 5.56 Å². The van der Waals surface area contributed by atoms with Crippen LogP contribution in [0.15, 0.2) is 34.0 Å². The van der Waals surface area contributed by atoms with Gasteiger partial charge in [-0.15, -0.1) is 0 Å². The zero-order valence-corrected chi connectivity index (χ0v) is 7.78. The van der Waals surface area contributed by atoms with Crippen LogP contribution in [0.25, 0.3) is 6.08 Å². The molecule has 0 aliphatic rings. The SMILES string of the molecule is C=C/C=C\c1oc(=O)c(C#N)cc1C. The molecule has 0 saturated heterocycles. The van der Waals surface area contributed by atoms with E-state index in [1.54, 1.807) is 31.2 Å². The first-order chi connectivity index (χ1) is 6.69. The molecule has 0 unspecified atom stereocenters. The van der Waals surface area contributed by atoms with Crippen molar-refractivity contribution in [3.05, 3.63) is 52.1 Å². The molecule has 14 heavy (non-hydrogen) atoms. The van der Waals surface area contributed by atoms with Crippen molar-refractivity contribution < 1.29 is 4.42 Å². The van der Waals surface area contributed by atoms with E-state index in [-0.39, 0.29) is 5.56 Å². The molecule has 0 atom stereocenters. The predicted octanol–water partition coefficient (Wildman–Crippen LogP) is 2.02. The van der Waals surface area contributed by atoms with E-state index < -0.39 is 5.63 Å². The number of rotatable bonds is 2. The zero-order valence-electron chi connectivity index (χ0n) is 7.78. The van der Waals surface area contributed by atoms with Crippen LogP contribution in [-0.2, 0) is 0 Å². The summed E-state index contributed by atoms with van der Waals surface area (Å²) in [6, 6.07) is 3.28. The Morgan fingerprint density at radius 2 is 2.36 bits per heavy atom. The molecular weight excluding hydrogens is 178 g/mol. The molecule has 0 radical (unpaired) electrons. The summed E-state index contributed by atoms with van der Waals surface area (Å²) < 4.78 is 4.92. The van der Waals surface area contributed by atoms with Gasteiger partial charge >= 0.3 is 5.63 Å². The first-order valence-electron chi connectivity index (χ1n) is 4.03. The number of nitrogens with zero attached hydrogens (tertiary/aromatic N) is 1. The van der Waals surface area contributed by atoms with Gasteiger partial charge < -0.3 is 4.42 Å². The Morgan fingerprint density at radius 3 is 2.93 bits per heavy atom. The van der Waals surface area contributed by atoms with Crippen LogP contribution in [0.4, 0.5) is 0 Å². The van der Waals surface area contributed by atoms with Crippen molar-refractivity contribution in [1.82, 2.24) is 0 Å². The molecule has 0 fully saturated rings. The second-order valence-electron chi connectivity index (χ2n) is 2.70. The van der Waals surface area contributed by atoms with E-state index in [1.165, 1.54) is 6.07 Å². The number of hydrogen-bond acceptors (Lipinski definition) is 3. The van der Waals surface area contributed by atoms with Gasteiger partial charge in [0.2, 0.25) is 0 Å². The highest BCUT2D eigenvalue weighted by atomic mass is 16.4. The summed E-state index contributed by atoms with van der Waals surface area (Å²) >= 11 is 0. The summed E-state index contributed by atoms with van der Waals surface area (Å²) in [7, 11) is 0. The van der Waals surface area contributed by atoms with Crippen LogP contribution in [0.5, 0.6) is 0 Å². The largest absolute Gasteiger partial charge is 0.422 e. The zero-order chi connectivity index (χ0) is 10.6. The first-order valence-corrected chi connectivity index (χ1v) is 4.03. The molecule has 1 aromatic rings. The molecule has 0 saturated carbocycles. The van der Waals surface area contributed by atoms with E-state index >= 15 is 0 Å². The number of allylic oxidation sites excluding steroid dienone is 2. The lowest BCUT2D eigenvalue weighted by Crippen LogP contribution is -2.05. The quantitative estimate of drug-likeness (QED) is 0.665. The van der Waals surface area contributed by atoms with E-state index in [0.29, 0.717) is 5.76 Å². The minimum absolute atomic E-state index is 0.0262. The molecule has 0 bridgehead atoms. The van der Waals surface area contributed by atoms with Gasteiger partial charge in [-0.1, -0.05) is 18.7 Å². The van der Waals surface area contributed by atoms with Crippen molar-refractivity contribution in [1.29, 1.82) is 5.26 Å².